The standard InChI is InChI=1S/C18H30N10O2/c1-18(2,3)28-14-16(22-25-28)12-26(9-6-8-20-23-19)11-15-13-27(24-21-15)10-5-4-7-17(29)30/h13-14,19H,4-12H2,1-3H3. The minimum absolute atomic E-state index is 0.0558. The van der Waals surface area contributed by atoms with Gasteiger partial charge in [0.1, 0.15) is 17.2 Å². The third-order valence-electron chi connectivity index (χ3n) is 4.41. The minimum atomic E-state index is -1.03. The molecule has 2 heterocycles. The molecular formula is C18H30N10O2. The molecular weight excluding hydrogens is 388 g/mol. The first-order chi connectivity index (χ1) is 14.3. The highest BCUT2D eigenvalue weighted by Crippen LogP contribution is 2.14. The first-order valence-corrected chi connectivity index (χ1v) is 10.0. The second-order valence-corrected chi connectivity index (χ2v) is 8.16. The van der Waals surface area contributed by atoms with Crippen LogP contribution in [0.2, 0.25) is 0 Å². The van der Waals surface area contributed by atoms with Gasteiger partial charge in [0.2, 0.25) is 4.91 Å². The summed E-state index contributed by atoms with van der Waals surface area (Å²) in [6.45, 7) is 9.23. The molecule has 0 aliphatic rings. The lowest BCUT2D eigenvalue weighted by Gasteiger charge is -2.19. The average molecular weight is 419 g/mol. The van der Waals surface area contributed by atoms with Crippen molar-refractivity contribution in [1.82, 2.24) is 39.8 Å². The van der Waals surface area contributed by atoms with E-state index in [2.05, 4.69) is 56.3 Å². The van der Waals surface area contributed by atoms with Gasteiger partial charge in [0.15, 0.2) is 0 Å². The summed E-state index contributed by atoms with van der Waals surface area (Å²) >= 11 is 0. The Hall–Kier alpha value is -2.98. The molecule has 0 bridgehead atoms. The van der Waals surface area contributed by atoms with Gasteiger partial charge >= 0.3 is 0 Å². The molecule has 2 aromatic heterocycles. The molecule has 0 radical (unpaired) electrons. The van der Waals surface area contributed by atoms with Crippen LogP contribution in [-0.4, -0.2) is 53.9 Å². The normalized spacial score (nSPS) is 11.6. The number of aliphatic carboxylic acids is 1. The zero-order valence-corrected chi connectivity index (χ0v) is 17.9. The summed E-state index contributed by atoms with van der Waals surface area (Å²) in [4.78, 5) is 15.7. The Morgan fingerprint density at radius 3 is 2.50 bits per heavy atom. The van der Waals surface area contributed by atoms with Crippen molar-refractivity contribution < 1.29 is 9.90 Å². The molecule has 164 valence electrons. The monoisotopic (exact) mass is 418 g/mol. The number of carboxylic acid groups (broad SMARTS) is 1. The summed E-state index contributed by atoms with van der Waals surface area (Å²) in [6.07, 6.45) is 5.89. The average Bonchev–Trinajstić information content (AvgIpc) is 3.31. The number of nitrogens with zero attached hydrogens (tertiary/aromatic N) is 9. The van der Waals surface area contributed by atoms with E-state index in [-0.39, 0.29) is 12.0 Å². The molecule has 0 unspecified atom stereocenters. The van der Waals surface area contributed by atoms with Crippen LogP contribution in [0.5, 0.6) is 0 Å². The SMILES string of the molecule is CC(C)(C)n1cc(CN(CCCN=[N+]=N)Cc2cn(CCCCC(=O)[O-])nn2)nn1. The van der Waals surface area contributed by atoms with Crippen molar-refractivity contribution in [3.8, 4) is 0 Å². The molecule has 30 heavy (non-hydrogen) atoms. The molecule has 0 aliphatic carbocycles. The van der Waals surface area contributed by atoms with Gasteiger partial charge in [-0.3, -0.25) is 9.58 Å². The van der Waals surface area contributed by atoms with Crippen molar-refractivity contribution in [2.24, 2.45) is 5.11 Å². The predicted molar refractivity (Wildman–Crippen MR) is 105 cm³/mol. The number of hydrogen-bond acceptors (Lipinski definition) is 9. The van der Waals surface area contributed by atoms with Crippen molar-refractivity contribution >= 4 is 5.97 Å². The van der Waals surface area contributed by atoms with Crippen LogP contribution < -0.4 is 10.0 Å². The number of nitrogens with one attached hydrogen (secondary N) is 1. The van der Waals surface area contributed by atoms with Crippen LogP contribution in [0.1, 0.15) is 57.8 Å². The first-order valence-electron chi connectivity index (χ1n) is 10.0. The molecule has 0 atom stereocenters. The Balaban J connectivity index is 1.96. The minimum Gasteiger partial charge on any atom is -0.550 e. The van der Waals surface area contributed by atoms with Gasteiger partial charge in [-0.1, -0.05) is 10.4 Å². The molecule has 1 N–H and O–H groups in total. The van der Waals surface area contributed by atoms with Crippen LogP contribution >= 0.6 is 0 Å². The van der Waals surface area contributed by atoms with E-state index < -0.39 is 5.97 Å². The molecule has 2 aromatic rings. The van der Waals surface area contributed by atoms with E-state index in [0.29, 0.717) is 39.0 Å². The van der Waals surface area contributed by atoms with E-state index >= 15 is 0 Å². The second kappa shape index (κ2) is 11.3. The zero-order chi connectivity index (χ0) is 22.0. The third-order valence-corrected chi connectivity index (χ3v) is 4.41. The fourth-order valence-electron chi connectivity index (χ4n) is 2.85. The van der Waals surface area contributed by atoms with Gasteiger partial charge in [-0.2, -0.15) is 0 Å². The van der Waals surface area contributed by atoms with Gasteiger partial charge < -0.3 is 9.90 Å². The maximum atomic E-state index is 10.5. The van der Waals surface area contributed by atoms with Gasteiger partial charge in [-0.15, -0.1) is 10.2 Å². The Morgan fingerprint density at radius 1 is 1.17 bits per heavy atom. The lowest BCUT2D eigenvalue weighted by atomic mass is 10.1. The molecule has 0 amide bonds. The van der Waals surface area contributed by atoms with E-state index in [1.165, 1.54) is 0 Å². The highest BCUT2D eigenvalue weighted by Gasteiger charge is 2.17. The predicted octanol–water partition coefficient (Wildman–Crippen LogP) is 0.487. The van der Waals surface area contributed by atoms with E-state index in [9.17, 15) is 9.90 Å². The number of aryl methyl sites for hydroxylation is 1. The molecule has 0 saturated heterocycles. The molecule has 12 nitrogen and oxygen atoms in total. The van der Waals surface area contributed by atoms with Gasteiger partial charge in [0, 0.05) is 38.3 Å². The topological polar surface area (TPSA) is 155 Å². The van der Waals surface area contributed by atoms with E-state index in [4.69, 9.17) is 5.53 Å². The number of carbonyl (C=O) groups excluding carboxylic acids is 1. The summed E-state index contributed by atoms with van der Waals surface area (Å²) in [7, 11) is 0. The number of rotatable bonds is 13. The summed E-state index contributed by atoms with van der Waals surface area (Å²) < 4.78 is 3.57. The summed E-state index contributed by atoms with van der Waals surface area (Å²) in [5, 5.41) is 31.0. The van der Waals surface area contributed by atoms with Gasteiger partial charge in [-0.25, -0.2) is 4.68 Å². The highest BCUT2D eigenvalue weighted by atomic mass is 16.4. The number of hydrogen-bond donors (Lipinski definition) is 1. The summed E-state index contributed by atoms with van der Waals surface area (Å²) in [5.74, 6) is -1.03. The number of carbonyl (C=O) groups is 1. The van der Waals surface area contributed by atoms with Crippen molar-refractivity contribution in [2.75, 3.05) is 13.1 Å². The van der Waals surface area contributed by atoms with Crippen molar-refractivity contribution in [3.05, 3.63) is 23.8 Å². The van der Waals surface area contributed by atoms with Crippen LogP contribution in [0.4, 0.5) is 0 Å². The Bertz CT molecular complexity index is 847. The van der Waals surface area contributed by atoms with Crippen LogP contribution in [-0.2, 0) is 30.0 Å². The van der Waals surface area contributed by atoms with Crippen LogP contribution in [0.25, 0.3) is 0 Å². The summed E-state index contributed by atoms with van der Waals surface area (Å²) in [6, 6.07) is 0. The number of unbranched alkanes of at least 4 members (excludes halogenated alkanes) is 1. The fraction of sp³-hybridized carbons (Fsp3) is 0.722. The van der Waals surface area contributed by atoms with Gasteiger partial charge in [0.25, 0.3) is 0 Å². The van der Waals surface area contributed by atoms with Gasteiger partial charge in [-0.05, 0) is 46.5 Å². The maximum absolute atomic E-state index is 10.5. The van der Waals surface area contributed by atoms with E-state index in [1.807, 2.05) is 17.1 Å². The molecule has 0 aromatic carbocycles. The van der Waals surface area contributed by atoms with Crippen LogP contribution in [0, 0.1) is 5.53 Å². The second-order valence-electron chi connectivity index (χ2n) is 8.16. The van der Waals surface area contributed by atoms with E-state index in [0.717, 1.165) is 24.4 Å². The molecule has 0 spiro atoms. The summed E-state index contributed by atoms with van der Waals surface area (Å²) in [5.41, 5.74) is 8.32. The Labute approximate surface area is 175 Å². The molecule has 0 fully saturated rings. The number of aromatic nitrogens is 6. The van der Waals surface area contributed by atoms with Crippen LogP contribution in [0.3, 0.4) is 0 Å². The van der Waals surface area contributed by atoms with Crippen molar-refractivity contribution in [3.63, 3.8) is 0 Å². The Kier molecular flexibility index (Phi) is 8.75. The lowest BCUT2D eigenvalue weighted by Crippen LogP contribution is -2.25. The highest BCUT2D eigenvalue weighted by molar-refractivity contribution is 5.64. The molecule has 0 aliphatic heterocycles. The van der Waals surface area contributed by atoms with E-state index in [1.54, 1.807) is 4.68 Å². The van der Waals surface area contributed by atoms with Crippen molar-refractivity contribution in [2.45, 2.75) is 71.6 Å². The molecule has 2 rings (SSSR count). The zero-order valence-electron chi connectivity index (χ0n) is 17.9. The molecule has 12 heteroatoms. The smallest absolute Gasteiger partial charge is 0.214 e. The third kappa shape index (κ3) is 8.18. The Morgan fingerprint density at radius 2 is 1.87 bits per heavy atom. The maximum Gasteiger partial charge on any atom is 0.214 e. The fourth-order valence-corrected chi connectivity index (χ4v) is 2.85. The number of carboxylic acids is 1. The quantitative estimate of drug-likeness (QED) is 0.282. The van der Waals surface area contributed by atoms with Crippen molar-refractivity contribution in [1.29, 1.82) is 5.53 Å². The molecule has 0 saturated carbocycles. The van der Waals surface area contributed by atoms with Crippen LogP contribution in [0.15, 0.2) is 17.5 Å². The largest absolute Gasteiger partial charge is 0.550 e. The van der Waals surface area contributed by atoms with Gasteiger partial charge in [0.05, 0.1) is 23.1 Å². The lowest BCUT2D eigenvalue weighted by molar-refractivity contribution is -0.305. The first kappa shape index (κ1) is 23.3.